The van der Waals surface area contributed by atoms with Gasteiger partial charge in [0.05, 0.1) is 34.2 Å². The third kappa shape index (κ3) is 7.12. The number of amides is 3. The summed E-state index contributed by atoms with van der Waals surface area (Å²) in [6.45, 7) is -0.0682. The van der Waals surface area contributed by atoms with Gasteiger partial charge in [-0.15, -0.1) is 0 Å². The number of urea groups is 1. The molecule has 45 heavy (non-hydrogen) atoms. The second-order valence-electron chi connectivity index (χ2n) is 11.6. The van der Waals surface area contributed by atoms with Crippen molar-refractivity contribution in [2.75, 3.05) is 17.6 Å². The van der Waals surface area contributed by atoms with Crippen molar-refractivity contribution in [3.8, 4) is 11.3 Å². The Morgan fingerprint density at radius 2 is 1.78 bits per heavy atom. The summed E-state index contributed by atoms with van der Waals surface area (Å²) in [4.78, 5) is 27.2. The van der Waals surface area contributed by atoms with Crippen LogP contribution in [-0.4, -0.2) is 65.5 Å². The van der Waals surface area contributed by atoms with Gasteiger partial charge in [0.15, 0.2) is 0 Å². The molecule has 11 nitrogen and oxygen atoms in total. The molecule has 2 aliphatic heterocycles. The minimum Gasteiger partial charge on any atom is -0.373 e. The number of carbonyl (C=O) groups excluding carboxylic acids is 2. The fourth-order valence-corrected chi connectivity index (χ4v) is 7.11. The van der Waals surface area contributed by atoms with Crippen LogP contribution >= 0.6 is 23.2 Å². The van der Waals surface area contributed by atoms with E-state index in [0.717, 1.165) is 43.1 Å². The van der Waals surface area contributed by atoms with E-state index in [1.165, 1.54) is 12.1 Å². The first-order valence-electron chi connectivity index (χ1n) is 14.6. The molecule has 2 aromatic carbocycles. The number of nitrogens with zero attached hydrogens (tertiary/aromatic N) is 2. The summed E-state index contributed by atoms with van der Waals surface area (Å²) in [5.74, 6) is -1.11. The van der Waals surface area contributed by atoms with Crippen LogP contribution in [0.25, 0.3) is 11.3 Å². The number of piperidine rings is 1. The molecule has 1 saturated carbocycles. The average molecular weight is 682 g/mol. The normalized spacial score (nSPS) is 21.2. The number of rotatable bonds is 10. The molecule has 3 N–H and O–H groups in total. The van der Waals surface area contributed by atoms with Gasteiger partial charge in [0, 0.05) is 41.2 Å². The van der Waals surface area contributed by atoms with Crippen LogP contribution in [0.1, 0.15) is 66.1 Å². The first-order valence-corrected chi connectivity index (χ1v) is 17.0. The highest BCUT2D eigenvalue weighted by Gasteiger charge is 2.44. The summed E-state index contributed by atoms with van der Waals surface area (Å²) in [5, 5.41) is 10.2. The number of anilines is 1. The molecule has 1 aliphatic carbocycles. The number of hydrogen-bond acceptors (Lipinski definition) is 7. The van der Waals surface area contributed by atoms with Crippen LogP contribution in [0.2, 0.25) is 10.0 Å². The molecule has 3 heterocycles. The topological polar surface area (TPSA) is 151 Å². The van der Waals surface area contributed by atoms with Gasteiger partial charge in [0.1, 0.15) is 17.3 Å². The van der Waals surface area contributed by atoms with Gasteiger partial charge in [-0.3, -0.25) is 9.35 Å². The number of hydrogen-bond donors (Lipinski definition) is 3. The number of halogens is 3. The van der Waals surface area contributed by atoms with Gasteiger partial charge in [-0.2, -0.15) is 8.42 Å². The standard InChI is InChI=1S/C30H31Cl2FN4O7S/c31-22-2-1-3-23(32)26(22)27-21(28(44-36-27)16-4-5-16)15-43-20-13-18-7-8-19(14-20)37(18)30(39)35-25-9-6-17(12-24(25)33)29(38)34-10-11-45(40,41)42/h1-3,6,9,12,16,18-20H,4-5,7-8,10-11,13-15H2,(H,34,38)(H,35,39)(H,40,41,42). The van der Waals surface area contributed by atoms with Crippen LogP contribution in [0.5, 0.6) is 0 Å². The Morgan fingerprint density at radius 1 is 1.09 bits per heavy atom. The monoisotopic (exact) mass is 680 g/mol. The molecule has 0 spiro atoms. The fourth-order valence-electron chi connectivity index (χ4n) is 6.18. The van der Waals surface area contributed by atoms with Gasteiger partial charge in [-0.05, 0) is 68.9 Å². The molecule has 240 valence electrons. The lowest BCUT2D eigenvalue weighted by Gasteiger charge is -2.38. The Bertz CT molecular complexity index is 1700. The van der Waals surface area contributed by atoms with E-state index in [9.17, 15) is 22.4 Å². The van der Waals surface area contributed by atoms with E-state index in [2.05, 4.69) is 15.8 Å². The zero-order valence-corrected chi connectivity index (χ0v) is 26.3. The smallest absolute Gasteiger partial charge is 0.322 e. The molecule has 1 aromatic heterocycles. The number of ether oxygens (including phenoxy) is 1. The second-order valence-corrected chi connectivity index (χ2v) is 14.0. The number of aromatic nitrogens is 1. The molecule has 0 radical (unpaired) electrons. The summed E-state index contributed by atoms with van der Waals surface area (Å²) >= 11 is 13.0. The molecule has 3 aliphatic rings. The molecular formula is C30H31Cl2FN4O7S. The predicted molar refractivity (Wildman–Crippen MR) is 165 cm³/mol. The van der Waals surface area contributed by atoms with E-state index in [-0.39, 0.29) is 42.6 Å². The van der Waals surface area contributed by atoms with Crippen molar-refractivity contribution < 1.29 is 36.2 Å². The highest BCUT2D eigenvalue weighted by atomic mass is 35.5. The van der Waals surface area contributed by atoms with Gasteiger partial charge < -0.3 is 24.8 Å². The third-order valence-corrected chi connectivity index (χ3v) is 9.82. The maximum absolute atomic E-state index is 14.9. The van der Waals surface area contributed by atoms with E-state index in [4.69, 9.17) is 37.0 Å². The predicted octanol–water partition coefficient (Wildman–Crippen LogP) is 6.03. The van der Waals surface area contributed by atoms with E-state index in [1.807, 2.05) is 0 Å². The van der Waals surface area contributed by atoms with Gasteiger partial charge in [0.2, 0.25) is 0 Å². The second kappa shape index (κ2) is 12.9. The average Bonchev–Trinajstić information content (AvgIpc) is 3.68. The van der Waals surface area contributed by atoms with Gasteiger partial charge in [-0.1, -0.05) is 34.4 Å². The maximum atomic E-state index is 14.9. The lowest BCUT2D eigenvalue weighted by Crippen LogP contribution is -2.50. The molecule has 3 amide bonds. The Hall–Kier alpha value is -3.23. The van der Waals surface area contributed by atoms with Crippen molar-refractivity contribution in [2.24, 2.45) is 0 Å². The molecule has 2 unspecified atom stereocenters. The van der Waals surface area contributed by atoms with Crippen molar-refractivity contribution in [3.63, 3.8) is 0 Å². The molecule has 2 saturated heterocycles. The quantitative estimate of drug-likeness (QED) is 0.220. The molecule has 2 atom stereocenters. The zero-order chi connectivity index (χ0) is 31.9. The van der Waals surface area contributed by atoms with Crippen LogP contribution in [-0.2, 0) is 21.5 Å². The van der Waals surface area contributed by atoms with Crippen molar-refractivity contribution in [1.29, 1.82) is 0 Å². The summed E-state index contributed by atoms with van der Waals surface area (Å²) in [7, 11) is -4.24. The Labute approximate surface area is 269 Å². The number of carbonyl (C=O) groups is 2. The molecular weight excluding hydrogens is 650 g/mol. The molecule has 3 aromatic rings. The molecule has 2 bridgehead atoms. The first-order chi connectivity index (χ1) is 21.5. The molecule has 3 fully saturated rings. The molecule has 6 rings (SSSR count). The number of nitrogens with one attached hydrogen (secondary N) is 2. The first kappa shape index (κ1) is 31.7. The fraction of sp³-hybridized carbons (Fsp3) is 0.433. The van der Waals surface area contributed by atoms with Gasteiger partial charge in [0.25, 0.3) is 16.0 Å². The van der Waals surface area contributed by atoms with Crippen LogP contribution in [0, 0.1) is 5.82 Å². The van der Waals surface area contributed by atoms with Crippen LogP contribution in [0.3, 0.4) is 0 Å². The van der Waals surface area contributed by atoms with Gasteiger partial charge >= 0.3 is 6.03 Å². The number of benzene rings is 2. The van der Waals surface area contributed by atoms with Crippen molar-refractivity contribution in [3.05, 3.63) is 69.1 Å². The van der Waals surface area contributed by atoms with Crippen molar-refractivity contribution >= 4 is 50.9 Å². The van der Waals surface area contributed by atoms with E-state index in [0.29, 0.717) is 40.1 Å². The maximum Gasteiger partial charge on any atom is 0.322 e. The minimum atomic E-state index is -4.24. The lowest BCUT2D eigenvalue weighted by molar-refractivity contribution is -0.0158. The van der Waals surface area contributed by atoms with E-state index in [1.54, 1.807) is 23.1 Å². The van der Waals surface area contributed by atoms with Crippen LogP contribution in [0.4, 0.5) is 14.9 Å². The lowest BCUT2D eigenvalue weighted by atomic mass is 9.99. The molecule has 15 heteroatoms. The number of fused-ring (bicyclic) bond motifs is 2. The summed E-state index contributed by atoms with van der Waals surface area (Å²) in [5.41, 5.74) is 1.89. The van der Waals surface area contributed by atoms with Crippen molar-refractivity contribution in [2.45, 2.75) is 69.2 Å². The Morgan fingerprint density at radius 3 is 2.40 bits per heavy atom. The summed E-state index contributed by atoms with van der Waals surface area (Å²) in [6.07, 6.45) is 4.74. The largest absolute Gasteiger partial charge is 0.373 e. The zero-order valence-electron chi connectivity index (χ0n) is 24.0. The highest BCUT2D eigenvalue weighted by molar-refractivity contribution is 7.85. The Balaban J connectivity index is 1.08. The summed E-state index contributed by atoms with van der Waals surface area (Å²) < 4.78 is 57.5. The SMILES string of the molecule is O=C(NCCS(=O)(=O)O)c1ccc(NC(=O)N2C3CCC2CC(OCc2c(-c4c(Cl)cccc4Cl)noc2C2CC2)C3)c(F)c1. The van der Waals surface area contributed by atoms with Gasteiger partial charge in [-0.25, -0.2) is 9.18 Å². The van der Waals surface area contributed by atoms with E-state index < -0.39 is 33.6 Å². The highest BCUT2D eigenvalue weighted by Crippen LogP contribution is 2.46. The van der Waals surface area contributed by atoms with Crippen molar-refractivity contribution in [1.82, 2.24) is 15.4 Å². The van der Waals surface area contributed by atoms with Crippen LogP contribution in [0.15, 0.2) is 40.9 Å². The Kier molecular flexibility index (Phi) is 9.08. The van der Waals surface area contributed by atoms with Crippen LogP contribution < -0.4 is 10.6 Å². The third-order valence-electron chi connectivity index (χ3n) is 8.47. The van der Waals surface area contributed by atoms with E-state index >= 15 is 0 Å². The summed E-state index contributed by atoms with van der Waals surface area (Å²) in [6, 6.07) is 8.22. The minimum absolute atomic E-state index is 0.0588.